The molecule has 0 aromatic heterocycles. The van der Waals surface area contributed by atoms with Crippen molar-refractivity contribution < 1.29 is 5.11 Å². The van der Waals surface area contributed by atoms with Crippen molar-refractivity contribution in [2.24, 2.45) is 23.2 Å². The molecule has 0 aliphatic heterocycles. The molecule has 0 aromatic carbocycles. The Hall–Kier alpha value is -0.0400. The Kier molecular flexibility index (Phi) is 7.39. The summed E-state index contributed by atoms with van der Waals surface area (Å²) in [6.07, 6.45) is 4.42. The summed E-state index contributed by atoms with van der Waals surface area (Å²) in [5.74, 6) is 1.84. The number of hydrogen-bond acceptors (Lipinski definition) is 1. The van der Waals surface area contributed by atoms with E-state index in [0.29, 0.717) is 11.8 Å². The van der Waals surface area contributed by atoms with Crippen LogP contribution in [0.5, 0.6) is 0 Å². The molecule has 1 N–H and O–H groups in total. The zero-order valence-corrected chi connectivity index (χ0v) is 13.1. The van der Waals surface area contributed by atoms with E-state index in [9.17, 15) is 5.11 Å². The van der Waals surface area contributed by atoms with E-state index >= 15 is 0 Å². The summed E-state index contributed by atoms with van der Waals surface area (Å²) in [6.45, 7) is 15.7. The summed E-state index contributed by atoms with van der Waals surface area (Å²) in [7, 11) is 0. The van der Waals surface area contributed by atoms with Crippen molar-refractivity contribution >= 4 is 0 Å². The number of hydrogen-bond donors (Lipinski definition) is 1. The highest BCUT2D eigenvalue weighted by atomic mass is 16.3. The van der Waals surface area contributed by atoms with Crippen LogP contribution in [0, 0.1) is 23.2 Å². The highest BCUT2D eigenvalue weighted by Gasteiger charge is 2.30. The van der Waals surface area contributed by atoms with Crippen molar-refractivity contribution in [3.05, 3.63) is 0 Å². The fourth-order valence-corrected chi connectivity index (χ4v) is 2.77. The average Bonchev–Trinajstić information content (AvgIpc) is 2.13. The van der Waals surface area contributed by atoms with Crippen molar-refractivity contribution in [3.8, 4) is 0 Å². The maximum Gasteiger partial charge on any atom is 0.0575 e. The molecule has 0 heterocycles. The van der Waals surface area contributed by atoms with Gasteiger partial charge in [-0.15, -0.1) is 0 Å². The van der Waals surface area contributed by atoms with Gasteiger partial charge in [0.15, 0.2) is 0 Å². The molecule has 0 aliphatic carbocycles. The predicted octanol–water partition coefficient (Wildman–Crippen LogP) is 4.88. The highest BCUT2D eigenvalue weighted by Crippen LogP contribution is 2.34. The van der Waals surface area contributed by atoms with Gasteiger partial charge in [0, 0.05) is 0 Å². The van der Waals surface area contributed by atoms with E-state index in [2.05, 4.69) is 48.5 Å². The smallest absolute Gasteiger partial charge is 0.0575 e. The fraction of sp³-hybridized carbons (Fsp3) is 1.00. The third kappa shape index (κ3) is 7.08. The molecule has 1 heteroatoms. The molecule has 1 nitrogen and oxygen atoms in total. The standard InChI is InChI=1S/C16H34O/c1-8-14(16(5,6)7)15(17)11-13(4)10-9-12(2)3/h12-15,17H,8-11H2,1-7H3. The van der Waals surface area contributed by atoms with Gasteiger partial charge in [-0.1, -0.05) is 67.7 Å². The van der Waals surface area contributed by atoms with Gasteiger partial charge >= 0.3 is 0 Å². The van der Waals surface area contributed by atoms with Crippen molar-refractivity contribution in [2.75, 3.05) is 0 Å². The van der Waals surface area contributed by atoms with Gasteiger partial charge in [-0.3, -0.25) is 0 Å². The Morgan fingerprint density at radius 2 is 1.53 bits per heavy atom. The summed E-state index contributed by atoms with van der Waals surface area (Å²) >= 11 is 0. The van der Waals surface area contributed by atoms with Gasteiger partial charge < -0.3 is 5.11 Å². The summed E-state index contributed by atoms with van der Waals surface area (Å²) in [5, 5.41) is 10.4. The van der Waals surface area contributed by atoms with Crippen molar-refractivity contribution in [2.45, 2.75) is 80.3 Å². The molecule has 0 amide bonds. The number of aliphatic hydroxyl groups excluding tert-OH is 1. The minimum absolute atomic E-state index is 0.137. The first-order chi connectivity index (χ1) is 7.68. The number of rotatable bonds is 7. The summed E-state index contributed by atoms with van der Waals surface area (Å²) in [6, 6.07) is 0. The molecule has 0 radical (unpaired) electrons. The second kappa shape index (κ2) is 7.41. The zero-order chi connectivity index (χ0) is 13.6. The lowest BCUT2D eigenvalue weighted by molar-refractivity contribution is 0.0232. The first kappa shape index (κ1) is 17.0. The van der Waals surface area contributed by atoms with Gasteiger partial charge in [0.2, 0.25) is 0 Å². The van der Waals surface area contributed by atoms with Gasteiger partial charge in [0.1, 0.15) is 0 Å². The Balaban J connectivity index is 4.17. The van der Waals surface area contributed by atoms with Crippen molar-refractivity contribution in [3.63, 3.8) is 0 Å². The van der Waals surface area contributed by atoms with Crippen LogP contribution in [-0.4, -0.2) is 11.2 Å². The van der Waals surface area contributed by atoms with Crippen LogP contribution < -0.4 is 0 Å². The van der Waals surface area contributed by atoms with E-state index in [0.717, 1.165) is 18.8 Å². The summed E-state index contributed by atoms with van der Waals surface area (Å²) in [5.41, 5.74) is 0.214. The fourth-order valence-electron chi connectivity index (χ4n) is 2.77. The molecular formula is C16H34O. The van der Waals surface area contributed by atoms with Crippen LogP contribution in [0.2, 0.25) is 0 Å². The van der Waals surface area contributed by atoms with Gasteiger partial charge in [-0.2, -0.15) is 0 Å². The van der Waals surface area contributed by atoms with Gasteiger partial charge in [-0.25, -0.2) is 0 Å². The van der Waals surface area contributed by atoms with E-state index in [1.165, 1.54) is 12.8 Å². The molecule has 0 bridgehead atoms. The Labute approximate surface area is 109 Å². The molecular weight excluding hydrogens is 208 g/mol. The third-order valence-corrected chi connectivity index (χ3v) is 3.90. The van der Waals surface area contributed by atoms with Gasteiger partial charge in [0.25, 0.3) is 0 Å². The Bertz CT molecular complexity index is 190. The molecule has 3 unspecified atom stereocenters. The maximum absolute atomic E-state index is 10.4. The first-order valence-electron chi connectivity index (χ1n) is 7.36. The van der Waals surface area contributed by atoms with Crippen LogP contribution in [0.4, 0.5) is 0 Å². The van der Waals surface area contributed by atoms with E-state index in [1.54, 1.807) is 0 Å². The van der Waals surface area contributed by atoms with Crippen LogP contribution in [0.3, 0.4) is 0 Å². The van der Waals surface area contributed by atoms with Crippen LogP contribution in [0.1, 0.15) is 74.1 Å². The van der Waals surface area contributed by atoms with E-state index < -0.39 is 0 Å². The molecule has 0 spiro atoms. The molecule has 3 atom stereocenters. The van der Waals surface area contributed by atoms with Crippen LogP contribution in [0.25, 0.3) is 0 Å². The Morgan fingerprint density at radius 3 is 1.88 bits per heavy atom. The largest absolute Gasteiger partial charge is 0.393 e. The summed E-state index contributed by atoms with van der Waals surface area (Å²) < 4.78 is 0. The third-order valence-electron chi connectivity index (χ3n) is 3.90. The second-order valence-corrected chi connectivity index (χ2v) is 7.26. The van der Waals surface area contributed by atoms with Crippen molar-refractivity contribution in [1.29, 1.82) is 0 Å². The molecule has 0 fully saturated rings. The Morgan fingerprint density at radius 1 is 1.00 bits per heavy atom. The van der Waals surface area contributed by atoms with E-state index in [1.807, 2.05) is 0 Å². The predicted molar refractivity (Wildman–Crippen MR) is 77.1 cm³/mol. The van der Waals surface area contributed by atoms with E-state index in [4.69, 9.17) is 0 Å². The number of aliphatic hydroxyl groups is 1. The monoisotopic (exact) mass is 242 g/mol. The van der Waals surface area contributed by atoms with Gasteiger partial charge in [0.05, 0.1) is 6.10 Å². The average molecular weight is 242 g/mol. The summed E-state index contributed by atoms with van der Waals surface area (Å²) in [4.78, 5) is 0. The van der Waals surface area contributed by atoms with Crippen LogP contribution in [-0.2, 0) is 0 Å². The lowest BCUT2D eigenvalue weighted by Gasteiger charge is -2.35. The molecule has 0 saturated carbocycles. The maximum atomic E-state index is 10.4. The normalized spacial score (nSPS) is 18.2. The SMILES string of the molecule is CCC(C(O)CC(C)CCC(C)C)C(C)(C)C. The molecule has 17 heavy (non-hydrogen) atoms. The quantitative estimate of drug-likeness (QED) is 0.674. The van der Waals surface area contributed by atoms with E-state index in [-0.39, 0.29) is 11.5 Å². The first-order valence-corrected chi connectivity index (χ1v) is 7.36. The lowest BCUT2D eigenvalue weighted by atomic mass is 9.73. The van der Waals surface area contributed by atoms with Crippen LogP contribution >= 0.6 is 0 Å². The second-order valence-electron chi connectivity index (χ2n) is 7.26. The highest BCUT2D eigenvalue weighted by molar-refractivity contribution is 4.80. The molecule has 0 aliphatic rings. The molecule has 0 rings (SSSR count). The zero-order valence-electron chi connectivity index (χ0n) is 13.1. The molecule has 0 aromatic rings. The lowest BCUT2D eigenvalue weighted by Crippen LogP contribution is -2.32. The van der Waals surface area contributed by atoms with Gasteiger partial charge in [-0.05, 0) is 29.6 Å². The topological polar surface area (TPSA) is 20.2 Å². The molecule has 104 valence electrons. The minimum Gasteiger partial charge on any atom is -0.393 e. The minimum atomic E-state index is -0.137. The van der Waals surface area contributed by atoms with Crippen molar-refractivity contribution in [1.82, 2.24) is 0 Å². The molecule has 0 saturated heterocycles. The van der Waals surface area contributed by atoms with Crippen LogP contribution in [0.15, 0.2) is 0 Å².